The molecule has 20 heavy (non-hydrogen) atoms. The lowest BCUT2D eigenvalue weighted by atomic mass is 10.0. The number of nitro benzene ring substituents is 2. The molecule has 0 atom stereocenters. The first-order valence-electron chi connectivity index (χ1n) is 6.26. The Hall–Kier alpha value is -2.22. The van der Waals surface area contributed by atoms with Crippen molar-refractivity contribution in [3.63, 3.8) is 0 Å². The van der Waals surface area contributed by atoms with Gasteiger partial charge in [-0.05, 0) is 18.9 Å². The zero-order valence-electron chi connectivity index (χ0n) is 10.8. The molecular formula is C12H15N3O5. The third-order valence-corrected chi connectivity index (χ3v) is 3.46. The predicted molar refractivity (Wildman–Crippen MR) is 70.6 cm³/mol. The molecule has 1 aliphatic carbocycles. The SMILES string of the molecule is NC1(COc2ccc([N+](=O)[O-])cc2[N+](=O)[O-])CCCC1. The minimum atomic E-state index is -0.694. The summed E-state index contributed by atoms with van der Waals surface area (Å²) in [4.78, 5) is 20.2. The maximum Gasteiger partial charge on any atom is 0.317 e. The average Bonchev–Trinajstić information content (AvgIpc) is 2.83. The smallest absolute Gasteiger partial charge is 0.317 e. The normalized spacial score (nSPS) is 16.9. The van der Waals surface area contributed by atoms with Crippen LogP contribution < -0.4 is 10.5 Å². The summed E-state index contributed by atoms with van der Waals surface area (Å²) in [6.45, 7) is 0.172. The van der Waals surface area contributed by atoms with Crippen LogP contribution in [0.25, 0.3) is 0 Å². The average molecular weight is 281 g/mol. The second kappa shape index (κ2) is 5.41. The first-order chi connectivity index (χ1) is 9.41. The Kier molecular flexibility index (Phi) is 3.84. The number of hydrogen-bond acceptors (Lipinski definition) is 6. The fourth-order valence-corrected chi connectivity index (χ4v) is 2.33. The maximum absolute atomic E-state index is 10.9. The highest BCUT2D eigenvalue weighted by Crippen LogP contribution is 2.33. The van der Waals surface area contributed by atoms with Gasteiger partial charge in [0.15, 0.2) is 5.75 Å². The van der Waals surface area contributed by atoms with Crippen molar-refractivity contribution in [2.45, 2.75) is 31.2 Å². The Balaban J connectivity index is 2.18. The molecule has 8 nitrogen and oxygen atoms in total. The second-order valence-corrected chi connectivity index (χ2v) is 5.02. The van der Waals surface area contributed by atoms with Gasteiger partial charge in [-0.15, -0.1) is 0 Å². The lowest BCUT2D eigenvalue weighted by molar-refractivity contribution is -0.394. The van der Waals surface area contributed by atoms with Gasteiger partial charge < -0.3 is 10.5 Å². The molecule has 0 heterocycles. The van der Waals surface area contributed by atoms with Crippen molar-refractivity contribution in [1.29, 1.82) is 0 Å². The number of rotatable bonds is 5. The highest BCUT2D eigenvalue weighted by molar-refractivity contribution is 5.53. The van der Waals surface area contributed by atoms with Crippen LogP contribution in [0, 0.1) is 20.2 Å². The number of benzene rings is 1. The third-order valence-electron chi connectivity index (χ3n) is 3.46. The van der Waals surface area contributed by atoms with Crippen molar-refractivity contribution in [2.24, 2.45) is 5.73 Å². The third kappa shape index (κ3) is 3.02. The zero-order chi connectivity index (χ0) is 14.8. The molecule has 1 aromatic carbocycles. The number of nitrogens with two attached hydrogens (primary N) is 1. The minimum Gasteiger partial charge on any atom is -0.485 e. The van der Waals surface area contributed by atoms with Crippen molar-refractivity contribution in [2.75, 3.05) is 6.61 Å². The molecule has 1 fully saturated rings. The molecule has 1 saturated carbocycles. The van der Waals surface area contributed by atoms with Crippen molar-refractivity contribution in [3.8, 4) is 5.75 Å². The summed E-state index contributed by atoms with van der Waals surface area (Å²) in [5, 5.41) is 21.6. The van der Waals surface area contributed by atoms with Gasteiger partial charge in [-0.2, -0.15) is 0 Å². The molecule has 0 aliphatic heterocycles. The van der Waals surface area contributed by atoms with Gasteiger partial charge in [0.1, 0.15) is 6.61 Å². The molecule has 0 radical (unpaired) electrons. The topological polar surface area (TPSA) is 122 Å². The molecule has 2 N–H and O–H groups in total. The van der Waals surface area contributed by atoms with E-state index in [1.54, 1.807) is 0 Å². The van der Waals surface area contributed by atoms with E-state index in [2.05, 4.69) is 0 Å². The van der Waals surface area contributed by atoms with Crippen LogP contribution in [0.2, 0.25) is 0 Å². The largest absolute Gasteiger partial charge is 0.485 e. The van der Waals surface area contributed by atoms with Crippen molar-refractivity contribution < 1.29 is 14.6 Å². The van der Waals surface area contributed by atoms with Crippen LogP contribution in [0.15, 0.2) is 18.2 Å². The van der Waals surface area contributed by atoms with E-state index in [0.29, 0.717) is 0 Å². The Bertz CT molecular complexity index is 540. The summed E-state index contributed by atoms with van der Waals surface area (Å²) >= 11 is 0. The van der Waals surface area contributed by atoms with Crippen LogP contribution in [0.3, 0.4) is 0 Å². The molecule has 0 saturated heterocycles. The van der Waals surface area contributed by atoms with Crippen LogP contribution >= 0.6 is 0 Å². The van der Waals surface area contributed by atoms with Gasteiger partial charge in [-0.1, -0.05) is 12.8 Å². The van der Waals surface area contributed by atoms with Gasteiger partial charge >= 0.3 is 5.69 Å². The van der Waals surface area contributed by atoms with Gasteiger partial charge in [-0.3, -0.25) is 20.2 Å². The number of ether oxygens (including phenoxy) is 1. The number of nitrogens with zero attached hydrogens (tertiary/aromatic N) is 2. The van der Waals surface area contributed by atoms with Crippen molar-refractivity contribution >= 4 is 11.4 Å². The van der Waals surface area contributed by atoms with E-state index in [4.69, 9.17) is 10.5 Å². The lowest BCUT2D eigenvalue weighted by Crippen LogP contribution is -2.42. The van der Waals surface area contributed by atoms with Gasteiger partial charge in [0.25, 0.3) is 5.69 Å². The molecule has 1 aliphatic rings. The highest BCUT2D eigenvalue weighted by atomic mass is 16.6. The summed E-state index contributed by atoms with van der Waals surface area (Å²) in [6, 6.07) is 3.32. The molecule has 0 amide bonds. The van der Waals surface area contributed by atoms with Gasteiger partial charge in [0.2, 0.25) is 0 Å². The monoisotopic (exact) mass is 281 g/mol. The first kappa shape index (κ1) is 14.2. The molecule has 0 unspecified atom stereocenters. The van der Waals surface area contributed by atoms with E-state index < -0.39 is 21.1 Å². The molecular weight excluding hydrogens is 266 g/mol. The van der Waals surface area contributed by atoms with Crippen LogP contribution in [0.5, 0.6) is 5.75 Å². The van der Waals surface area contributed by atoms with Gasteiger partial charge in [0.05, 0.1) is 21.5 Å². The van der Waals surface area contributed by atoms with E-state index in [0.717, 1.165) is 31.7 Å². The number of nitro groups is 2. The van der Waals surface area contributed by atoms with Crippen molar-refractivity contribution in [3.05, 3.63) is 38.4 Å². The fourth-order valence-electron chi connectivity index (χ4n) is 2.33. The van der Waals surface area contributed by atoms with E-state index >= 15 is 0 Å². The first-order valence-corrected chi connectivity index (χ1v) is 6.26. The molecule has 0 spiro atoms. The maximum atomic E-state index is 10.9. The molecule has 8 heteroatoms. The standard InChI is InChI=1S/C12H15N3O5/c13-12(5-1-2-6-12)8-20-11-4-3-9(14(16)17)7-10(11)15(18)19/h3-4,7H,1-2,5-6,8,13H2. The molecule has 2 rings (SSSR count). The second-order valence-electron chi connectivity index (χ2n) is 5.02. The van der Waals surface area contributed by atoms with Crippen LogP contribution in [0.4, 0.5) is 11.4 Å². The number of non-ortho nitro benzene ring substituents is 1. The van der Waals surface area contributed by atoms with Crippen LogP contribution in [-0.4, -0.2) is 22.0 Å². The summed E-state index contributed by atoms with van der Waals surface area (Å²) in [5.74, 6) is 0.0114. The Morgan fingerprint density at radius 1 is 1.20 bits per heavy atom. The summed E-state index contributed by atoms with van der Waals surface area (Å²) in [5.41, 5.74) is 4.89. The molecule has 0 aromatic heterocycles. The van der Waals surface area contributed by atoms with Crippen LogP contribution in [-0.2, 0) is 0 Å². The van der Waals surface area contributed by atoms with Gasteiger partial charge in [0, 0.05) is 6.07 Å². The molecule has 108 valence electrons. The highest BCUT2D eigenvalue weighted by Gasteiger charge is 2.31. The lowest BCUT2D eigenvalue weighted by Gasteiger charge is -2.23. The Morgan fingerprint density at radius 2 is 1.85 bits per heavy atom. The van der Waals surface area contributed by atoms with E-state index in [1.165, 1.54) is 12.1 Å². The van der Waals surface area contributed by atoms with Gasteiger partial charge in [-0.25, -0.2) is 0 Å². The Morgan fingerprint density at radius 3 is 2.40 bits per heavy atom. The number of hydrogen-bond donors (Lipinski definition) is 1. The molecule has 1 aromatic rings. The van der Waals surface area contributed by atoms with E-state index in [1.807, 2.05) is 0 Å². The van der Waals surface area contributed by atoms with E-state index in [-0.39, 0.29) is 18.0 Å². The van der Waals surface area contributed by atoms with Crippen molar-refractivity contribution in [1.82, 2.24) is 0 Å². The summed E-state index contributed by atoms with van der Waals surface area (Å²) in [6.07, 6.45) is 3.66. The Labute approximate surface area is 114 Å². The summed E-state index contributed by atoms with van der Waals surface area (Å²) in [7, 11) is 0. The van der Waals surface area contributed by atoms with Crippen LogP contribution in [0.1, 0.15) is 25.7 Å². The van der Waals surface area contributed by atoms with E-state index in [9.17, 15) is 20.2 Å². The quantitative estimate of drug-likeness (QED) is 0.651. The zero-order valence-corrected chi connectivity index (χ0v) is 10.8. The minimum absolute atomic E-state index is 0.0114. The molecule has 0 bridgehead atoms. The fraction of sp³-hybridized carbons (Fsp3) is 0.500. The summed E-state index contributed by atoms with van der Waals surface area (Å²) < 4.78 is 5.43. The predicted octanol–water partition coefficient (Wildman–Crippen LogP) is 2.15.